The van der Waals surface area contributed by atoms with Crippen LogP contribution in [-0.4, -0.2) is 28.9 Å². The summed E-state index contributed by atoms with van der Waals surface area (Å²) in [5.41, 5.74) is 3.73. The van der Waals surface area contributed by atoms with Crippen molar-refractivity contribution in [3.8, 4) is 0 Å². The van der Waals surface area contributed by atoms with Crippen LogP contribution in [0.4, 0.5) is 4.39 Å². The van der Waals surface area contributed by atoms with Gasteiger partial charge in [0.05, 0.1) is 12.2 Å². The molecule has 0 aliphatic carbocycles. The minimum atomic E-state index is -0.236. The minimum Gasteiger partial charge on any atom is -0.356 e. The molecule has 2 N–H and O–H groups in total. The molecule has 0 amide bonds. The quantitative estimate of drug-likeness (QED) is 0.319. The number of nitrogens with one attached hydrogen (secondary N) is 2. The van der Waals surface area contributed by atoms with Gasteiger partial charge in [0.1, 0.15) is 11.5 Å². The molecule has 3 rings (SSSR count). The SMILES string of the molecule is CN=C(NCc1cn2c(C)cccc2n1)NCC(C)(C)c1cccc(F)c1.I. The van der Waals surface area contributed by atoms with Crippen LogP contribution in [0.15, 0.2) is 53.7 Å². The van der Waals surface area contributed by atoms with Crippen molar-refractivity contribution in [1.82, 2.24) is 20.0 Å². The molecule has 2 aromatic heterocycles. The maximum absolute atomic E-state index is 13.5. The molecule has 3 aromatic rings. The number of aromatic nitrogens is 2. The number of fused-ring (bicyclic) bond motifs is 1. The summed E-state index contributed by atoms with van der Waals surface area (Å²) in [4.78, 5) is 8.90. The number of hydrogen-bond acceptors (Lipinski definition) is 2. The first-order valence-corrected chi connectivity index (χ1v) is 9.03. The highest BCUT2D eigenvalue weighted by molar-refractivity contribution is 14.0. The topological polar surface area (TPSA) is 53.7 Å². The Kier molecular flexibility index (Phi) is 7.40. The predicted octanol–water partition coefficient (Wildman–Crippen LogP) is 4.04. The summed E-state index contributed by atoms with van der Waals surface area (Å²) in [6.07, 6.45) is 2.03. The van der Waals surface area contributed by atoms with Gasteiger partial charge in [0, 0.05) is 30.9 Å². The van der Waals surface area contributed by atoms with Crippen molar-refractivity contribution >= 4 is 35.6 Å². The van der Waals surface area contributed by atoms with E-state index in [1.165, 1.54) is 6.07 Å². The van der Waals surface area contributed by atoms with E-state index >= 15 is 0 Å². The third-order valence-electron chi connectivity index (χ3n) is 4.71. The van der Waals surface area contributed by atoms with Gasteiger partial charge in [-0.3, -0.25) is 4.99 Å². The normalized spacial score (nSPS) is 12.0. The molecule has 0 unspecified atom stereocenters. The monoisotopic (exact) mass is 495 g/mol. The molecule has 0 saturated carbocycles. The molecule has 150 valence electrons. The van der Waals surface area contributed by atoms with Gasteiger partial charge in [0.2, 0.25) is 0 Å². The van der Waals surface area contributed by atoms with Gasteiger partial charge in [-0.25, -0.2) is 9.37 Å². The van der Waals surface area contributed by atoms with Crippen LogP contribution in [0.25, 0.3) is 5.65 Å². The number of aryl methyl sites for hydroxylation is 1. The average Bonchev–Trinajstić information content (AvgIpc) is 3.06. The average molecular weight is 495 g/mol. The van der Waals surface area contributed by atoms with Crippen LogP contribution in [0.5, 0.6) is 0 Å². The number of guanidine groups is 1. The highest BCUT2D eigenvalue weighted by atomic mass is 127. The molecule has 0 aliphatic heterocycles. The Hall–Kier alpha value is -2.16. The summed E-state index contributed by atoms with van der Waals surface area (Å²) in [6, 6.07) is 12.8. The zero-order valence-electron chi connectivity index (χ0n) is 16.7. The Balaban J connectivity index is 0.00000280. The zero-order chi connectivity index (χ0) is 19.4. The van der Waals surface area contributed by atoms with Gasteiger partial charge >= 0.3 is 0 Å². The van der Waals surface area contributed by atoms with E-state index in [2.05, 4.69) is 51.8 Å². The van der Waals surface area contributed by atoms with Crippen molar-refractivity contribution in [2.75, 3.05) is 13.6 Å². The molecular weight excluding hydrogens is 468 g/mol. The van der Waals surface area contributed by atoms with Crippen LogP contribution in [0, 0.1) is 12.7 Å². The van der Waals surface area contributed by atoms with Crippen LogP contribution in [-0.2, 0) is 12.0 Å². The second-order valence-electron chi connectivity index (χ2n) is 7.30. The van der Waals surface area contributed by atoms with Crippen LogP contribution >= 0.6 is 24.0 Å². The Morgan fingerprint density at radius 3 is 2.61 bits per heavy atom. The van der Waals surface area contributed by atoms with Gasteiger partial charge in [0.15, 0.2) is 5.96 Å². The number of aliphatic imine (C=N–C) groups is 1. The maximum atomic E-state index is 13.5. The standard InChI is InChI=1S/C21H26FN5.HI/c1-15-7-5-10-19-26-18(13-27(15)19)12-24-20(23-4)25-14-21(2,3)16-8-6-9-17(22)11-16;/h5-11,13H,12,14H2,1-4H3,(H2,23,24,25);1H. The first-order chi connectivity index (χ1) is 12.9. The second-order valence-corrected chi connectivity index (χ2v) is 7.30. The van der Waals surface area contributed by atoms with Crippen molar-refractivity contribution in [3.63, 3.8) is 0 Å². The van der Waals surface area contributed by atoms with Crippen molar-refractivity contribution in [1.29, 1.82) is 0 Å². The summed E-state index contributed by atoms with van der Waals surface area (Å²) >= 11 is 0. The number of halogens is 2. The largest absolute Gasteiger partial charge is 0.356 e. The smallest absolute Gasteiger partial charge is 0.191 e. The molecule has 28 heavy (non-hydrogen) atoms. The Labute approximate surface area is 182 Å². The number of imidazole rings is 1. The van der Waals surface area contributed by atoms with E-state index < -0.39 is 0 Å². The van der Waals surface area contributed by atoms with Crippen LogP contribution in [0.2, 0.25) is 0 Å². The van der Waals surface area contributed by atoms with Gasteiger partial charge in [-0.2, -0.15) is 0 Å². The molecule has 0 fully saturated rings. The highest BCUT2D eigenvalue weighted by Gasteiger charge is 2.21. The van der Waals surface area contributed by atoms with Gasteiger partial charge in [0.25, 0.3) is 0 Å². The van der Waals surface area contributed by atoms with Crippen molar-refractivity contribution < 1.29 is 4.39 Å². The predicted molar refractivity (Wildman–Crippen MR) is 123 cm³/mol. The van der Waals surface area contributed by atoms with E-state index in [1.807, 2.05) is 24.4 Å². The fourth-order valence-electron chi connectivity index (χ4n) is 3.00. The summed E-state index contributed by atoms with van der Waals surface area (Å²) in [6.45, 7) is 7.41. The lowest BCUT2D eigenvalue weighted by Crippen LogP contribution is -2.43. The van der Waals surface area contributed by atoms with E-state index in [4.69, 9.17) is 0 Å². The minimum absolute atomic E-state index is 0. The molecule has 0 saturated heterocycles. The first kappa shape index (κ1) is 22.1. The summed E-state index contributed by atoms with van der Waals surface area (Å²) in [5, 5.41) is 6.62. The Bertz CT molecular complexity index is 964. The summed E-state index contributed by atoms with van der Waals surface area (Å²) in [5.74, 6) is 0.471. The molecule has 0 radical (unpaired) electrons. The van der Waals surface area contributed by atoms with Crippen LogP contribution in [0.3, 0.4) is 0 Å². The third-order valence-corrected chi connectivity index (χ3v) is 4.71. The molecule has 0 atom stereocenters. The molecular formula is C21H27FIN5. The van der Waals surface area contributed by atoms with Crippen molar-refractivity contribution in [2.45, 2.75) is 32.7 Å². The van der Waals surface area contributed by atoms with E-state index in [9.17, 15) is 4.39 Å². The molecule has 0 spiro atoms. The van der Waals surface area contributed by atoms with E-state index in [1.54, 1.807) is 19.2 Å². The number of rotatable bonds is 5. The number of pyridine rings is 1. The molecule has 5 nitrogen and oxygen atoms in total. The lowest BCUT2D eigenvalue weighted by molar-refractivity contribution is 0.503. The van der Waals surface area contributed by atoms with Gasteiger partial charge in [-0.05, 0) is 36.8 Å². The van der Waals surface area contributed by atoms with Crippen molar-refractivity contribution in [3.05, 3.63) is 71.4 Å². The lowest BCUT2D eigenvalue weighted by Gasteiger charge is -2.26. The highest BCUT2D eigenvalue weighted by Crippen LogP contribution is 2.22. The van der Waals surface area contributed by atoms with Crippen molar-refractivity contribution in [2.24, 2.45) is 4.99 Å². The third kappa shape index (κ3) is 5.21. The summed E-state index contributed by atoms with van der Waals surface area (Å²) < 4.78 is 15.6. The van der Waals surface area contributed by atoms with Crippen LogP contribution < -0.4 is 10.6 Å². The second kappa shape index (κ2) is 9.36. The fourth-order valence-corrected chi connectivity index (χ4v) is 3.00. The first-order valence-electron chi connectivity index (χ1n) is 9.03. The Morgan fingerprint density at radius 2 is 1.93 bits per heavy atom. The molecule has 2 heterocycles. The van der Waals surface area contributed by atoms with Gasteiger partial charge in [-0.1, -0.05) is 32.0 Å². The zero-order valence-corrected chi connectivity index (χ0v) is 19.0. The number of hydrogen-bond donors (Lipinski definition) is 2. The van der Waals surface area contributed by atoms with Crippen LogP contribution in [0.1, 0.15) is 30.8 Å². The van der Waals surface area contributed by atoms with E-state index in [0.717, 1.165) is 22.6 Å². The molecule has 0 aliphatic rings. The molecule has 7 heteroatoms. The van der Waals surface area contributed by atoms with Gasteiger partial charge in [-0.15, -0.1) is 24.0 Å². The maximum Gasteiger partial charge on any atom is 0.191 e. The lowest BCUT2D eigenvalue weighted by atomic mass is 9.84. The summed E-state index contributed by atoms with van der Waals surface area (Å²) in [7, 11) is 1.73. The molecule has 1 aromatic carbocycles. The van der Waals surface area contributed by atoms with Gasteiger partial charge < -0.3 is 15.0 Å². The molecule has 0 bridgehead atoms. The Morgan fingerprint density at radius 1 is 1.18 bits per heavy atom. The number of benzene rings is 1. The van der Waals surface area contributed by atoms with E-state index in [0.29, 0.717) is 19.0 Å². The van der Waals surface area contributed by atoms with E-state index in [-0.39, 0.29) is 35.2 Å². The fraction of sp³-hybridized carbons (Fsp3) is 0.333. The number of nitrogens with zero attached hydrogens (tertiary/aromatic N) is 3.